The first-order valence-corrected chi connectivity index (χ1v) is 7.55. The molecule has 0 spiro atoms. The summed E-state index contributed by atoms with van der Waals surface area (Å²) in [4.78, 5) is 8.54. The highest BCUT2D eigenvalue weighted by atomic mass is 35.5. The summed E-state index contributed by atoms with van der Waals surface area (Å²) >= 11 is 5.98. The number of allylic oxidation sites excluding steroid dienone is 1. The van der Waals surface area contributed by atoms with Gasteiger partial charge >= 0.3 is 0 Å². The maximum absolute atomic E-state index is 5.98. The van der Waals surface area contributed by atoms with Crippen molar-refractivity contribution in [2.75, 3.05) is 11.9 Å². The molecule has 1 aromatic carbocycles. The summed E-state index contributed by atoms with van der Waals surface area (Å²) in [6.07, 6.45) is 8.61. The van der Waals surface area contributed by atoms with E-state index < -0.39 is 0 Å². The molecule has 2 aromatic rings. The second kappa shape index (κ2) is 6.23. The minimum atomic E-state index is 0.295. The lowest BCUT2D eigenvalue weighted by atomic mass is 9.97. The first-order valence-electron chi connectivity index (χ1n) is 7.17. The van der Waals surface area contributed by atoms with Crippen molar-refractivity contribution in [2.24, 2.45) is 0 Å². The van der Waals surface area contributed by atoms with Gasteiger partial charge in [0.05, 0.1) is 5.52 Å². The molecule has 104 valence electrons. The van der Waals surface area contributed by atoms with E-state index in [4.69, 9.17) is 11.6 Å². The van der Waals surface area contributed by atoms with Gasteiger partial charge in [-0.2, -0.15) is 0 Å². The molecule has 1 aromatic heterocycles. The van der Waals surface area contributed by atoms with Crippen molar-refractivity contribution in [1.29, 1.82) is 0 Å². The molecule has 0 aliphatic heterocycles. The van der Waals surface area contributed by atoms with Crippen LogP contribution in [-0.2, 0) is 0 Å². The van der Waals surface area contributed by atoms with Crippen molar-refractivity contribution in [3.63, 3.8) is 0 Å². The summed E-state index contributed by atoms with van der Waals surface area (Å²) < 4.78 is 0. The molecule has 0 unspecified atom stereocenters. The molecule has 1 aliphatic rings. The van der Waals surface area contributed by atoms with Crippen LogP contribution in [0, 0.1) is 0 Å². The zero-order valence-electron chi connectivity index (χ0n) is 11.4. The molecule has 0 amide bonds. The third-order valence-electron chi connectivity index (χ3n) is 3.70. The minimum absolute atomic E-state index is 0.295. The number of benzene rings is 1. The normalized spacial score (nSPS) is 15.2. The molecule has 0 fully saturated rings. The molecule has 1 N–H and O–H groups in total. The lowest BCUT2D eigenvalue weighted by molar-refractivity contribution is 0.679. The lowest BCUT2D eigenvalue weighted by Gasteiger charge is -2.14. The van der Waals surface area contributed by atoms with Crippen molar-refractivity contribution in [3.05, 3.63) is 41.2 Å². The summed E-state index contributed by atoms with van der Waals surface area (Å²) in [5.41, 5.74) is 2.44. The number of aromatic nitrogens is 2. The summed E-state index contributed by atoms with van der Waals surface area (Å²) in [7, 11) is 0. The number of rotatable bonds is 4. The summed E-state index contributed by atoms with van der Waals surface area (Å²) in [5.74, 6) is 0.831. The van der Waals surface area contributed by atoms with E-state index in [0.29, 0.717) is 5.28 Å². The second-order valence-electron chi connectivity index (χ2n) is 5.14. The molecule has 0 bridgehead atoms. The fourth-order valence-electron chi connectivity index (χ4n) is 2.66. The van der Waals surface area contributed by atoms with Gasteiger partial charge in [-0.1, -0.05) is 23.8 Å². The van der Waals surface area contributed by atoms with Crippen molar-refractivity contribution in [3.8, 4) is 0 Å². The van der Waals surface area contributed by atoms with Gasteiger partial charge in [0.25, 0.3) is 0 Å². The number of halogens is 1. The highest BCUT2D eigenvalue weighted by Crippen LogP contribution is 2.23. The molecule has 0 atom stereocenters. The van der Waals surface area contributed by atoms with Crippen LogP contribution in [-0.4, -0.2) is 16.5 Å². The van der Waals surface area contributed by atoms with Crippen LogP contribution in [0.2, 0.25) is 5.28 Å². The lowest BCUT2D eigenvalue weighted by Crippen LogP contribution is -2.07. The van der Waals surface area contributed by atoms with Crippen LogP contribution in [0.1, 0.15) is 32.1 Å². The molecule has 0 saturated heterocycles. The van der Waals surface area contributed by atoms with E-state index in [1.165, 1.54) is 25.7 Å². The van der Waals surface area contributed by atoms with E-state index in [0.717, 1.165) is 29.7 Å². The Morgan fingerprint density at radius 2 is 2.05 bits per heavy atom. The number of hydrogen-bond donors (Lipinski definition) is 1. The minimum Gasteiger partial charge on any atom is -0.369 e. The first kappa shape index (κ1) is 13.4. The van der Waals surface area contributed by atoms with Gasteiger partial charge in [0.1, 0.15) is 5.82 Å². The second-order valence-corrected chi connectivity index (χ2v) is 5.48. The molecule has 20 heavy (non-hydrogen) atoms. The quantitative estimate of drug-likeness (QED) is 0.660. The molecule has 4 heteroatoms. The topological polar surface area (TPSA) is 37.8 Å². The summed E-state index contributed by atoms with van der Waals surface area (Å²) in [6.45, 7) is 0.892. The fraction of sp³-hybridized carbons (Fsp3) is 0.375. The van der Waals surface area contributed by atoms with Gasteiger partial charge in [-0.25, -0.2) is 9.97 Å². The Kier molecular flexibility index (Phi) is 4.16. The molecule has 1 aliphatic carbocycles. The Hall–Kier alpha value is -1.61. The standard InChI is InChI=1S/C16H18ClN3/c17-16-19-14-9-5-4-8-13(14)15(20-16)18-11-10-12-6-2-1-3-7-12/h4-6,8-9H,1-3,7,10-11H2,(H,18,19,20). The van der Waals surface area contributed by atoms with Crippen LogP contribution in [0.5, 0.6) is 0 Å². The first-order chi connectivity index (χ1) is 9.83. The van der Waals surface area contributed by atoms with Crippen LogP contribution in [0.25, 0.3) is 10.9 Å². The zero-order chi connectivity index (χ0) is 13.8. The smallest absolute Gasteiger partial charge is 0.224 e. The highest BCUT2D eigenvalue weighted by molar-refractivity contribution is 6.28. The number of anilines is 1. The monoisotopic (exact) mass is 287 g/mol. The Morgan fingerprint density at radius 3 is 2.90 bits per heavy atom. The van der Waals surface area contributed by atoms with Gasteiger partial charge in [0, 0.05) is 11.9 Å². The number of hydrogen-bond acceptors (Lipinski definition) is 3. The predicted molar refractivity (Wildman–Crippen MR) is 84.2 cm³/mol. The Balaban J connectivity index is 1.72. The average Bonchev–Trinajstić information content (AvgIpc) is 2.48. The third kappa shape index (κ3) is 3.10. The van der Waals surface area contributed by atoms with Crippen molar-refractivity contribution >= 4 is 28.3 Å². The zero-order valence-corrected chi connectivity index (χ0v) is 12.2. The van der Waals surface area contributed by atoms with Crippen LogP contribution >= 0.6 is 11.6 Å². The fourth-order valence-corrected chi connectivity index (χ4v) is 2.83. The highest BCUT2D eigenvalue weighted by Gasteiger charge is 2.07. The van der Waals surface area contributed by atoms with E-state index >= 15 is 0 Å². The maximum Gasteiger partial charge on any atom is 0.224 e. The van der Waals surface area contributed by atoms with E-state index in [1.807, 2.05) is 24.3 Å². The Morgan fingerprint density at radius 1 is 1.15 bits per heavy atom. The molecular formula is C16H18ClN3. The summed E-state index contributed by atoms with van der Waals surface area (Å²) in [5, 5.41) is 4.72. The average molecular weight is 288 g/mol. The van der Waals surface area contributed by atoms with E-state index in [2.05, 4.69) is 21.4 Å². The number of fused-ring (bicyclic) bond motifs is 1. The van der Waals surface area contributed by atoms with Gasteiger partial charge in [-0.05, 0) is 55.8 Å². The molecule has 1 heterocycles. The number of nitrogens with one attached hydrogen (secondary N) is 1. The molecule has 3 nitrogen and oxygen atoms in total. The van der Waals surface area contributed by atoms with E-state index in [9.17, 15) is 0 Å². The molecule has 0 radical (unpaired) electrons. The van der Waals surface area contributed by atoms with Crippen molar-refractivity contribution in [2.45, 2.75) is 32.1 Å². The Labute approximate surface area is 124 Å². The maximum atomic E-state index is 5.98. The van der Waals surface area contributed by atoms with Crippen LogP contribution in [0.4, 0.5) is 5.82 Å². The molecular weight excluding hydrogens is 270 g/mol. The van der Waals surface area contributed by atoms with Crippen molar-refractivity contribution in [1.82, 2.24) is 9.97 Å². The van der Waals surface area contributed by atoms with Crippen molar-refractivity contribution < 1.29 is 0 Å². The largest absolute Gasteiger partial charge is 0.369 e. The van der Waals surface area contributed by atoms with Crippen LogP contribution in [0.15, 0.2) is 35.9 Å². The Bertz CT molecular complexity index is 637. The van der Waals surface area contributed by atoms with E-state index in [1.54, 1.807) is 5.57 Å². The summed E-state index contributed by atoms with van der Waals surface area (Å²) in [6, 6.07) is 7.93. The van der Waals surface area contributed by atoms with Gasteiger partial charge < -0.3 is 5.32 Å². The van der Waals surface area contributed by atoms with E-state index in [-0.39, 0.29) is 0 Å². The molecule has 0 saturated carbocycles. The third-order valence-corrected chi connectivity index (χ3v) is 3.87. The van der Waals surface area contributed by atoms with Gasteiger partial charge in [-0.3, -0.25) is 0 Å². The number of para-hydroxylation sites is 1. The van der Waals surface area contributed by atoms with Gasteiger partial charge in [0.15, 0.2) is 0 Å². The SMILES string of the molecule is Clc1nc(NCCC2=CCCCC2)c2ccccc2n1. The van der Waals surface area contributed by atoms with Crippen LogP contribution < -0.4 is 5.32 Å². The predicted octanol–water partition coefficient (Wildman–Crippen LogP) is 4.59. The van der Waals surface area contributed by atoms with Gasteiger partial charge in [-0.15, -0.1) is 0 Å². The molecule has 3 rings (SSSR count). The number of nitrogens with zero attached hydrogens (tertiary/aromatic N) is 2. The van der Waals surface area contributed by atoms with Gasteiger partial charge in [0.2, 0.25) is 5.28 Å². The van der Waals surface area contributed by atoms with Crippen LogP contribution in [0.3, 0.4) is 0 Å².